The summed E-state index contributed by atoms with van der Waals surface area (Å²) in [5.74, 6) is -5.91. The van der Waals surface area contributed by atoms with Gasteiger partial charge in [0.1, 0.15) is 23.7 Å². The Morgan fingerprint density at radius 1 is 0.930 bits per heavy atom. The van der Waals surface area contributed by atoms with Crippen LogP contribution in [0.3, 0.4) is 0 Å². The number of ketones is 1. The van der Waals surface area contributed by atoms with Crippen molar-refractivity contribution in [2.45, 2.75) is 122 Å². The van der Waals surface area contributed by atoms with Gasteiger partial charge in [-0.15, -0.1) is 0 Å². The van der Waals surface area contributed by atoms with E-state index in [0.717, 1.165) is 19.3 Å². The maximum absolute atomic E-state index is 14.4. The number of piperidine rings is 1. The van der Waals surface area contributed by atoms with Gasteiger partial charge >= 0.3 is 12.3 Å². The van der Waals surface area contributed by atoms with Crippen LogP contribution in [0.25, 0.3) is 0 Å². The van der Waals surface area contributed by atoms with Crippen LogP contribution < -0.4 is 21.3 Å². The summed E-state index contributed by atoms with van der Waals surface area (Å²) < 4.78 is 45.1. The number of nitrogens with one attached hydrogen (secondary N) is 4. The smallest absolute Gasteiger partial charge is 0.408 e. The second-order valence-corrected chi connectivity index (χ2v) is 17.2. The largest absolute Gasteiger partial charge is 0.444 e. The van der Waals surface area contributed by atoms with Crippen molar-refractivity contribution in [2.75, 3.05) is 27.2 Å². The SMILES string of the molecule is CN(C)C(=O)[C@@H](NC(=O)CNC(=O)C(=O)C(CCCC(F)(F)F)NC(=O)[C@@H]1[C@@H]2[C@H](CN1C(=O)[C@@H](NC(=O)OC(C)(C)C)C1CCCCC1)C2(C)C)c1ccccc1. The van der Waals surface area contributed by atoms with E-state index in [-0.39, 0.29) is 29.7 Å². The van der Waals surface area contributed by atoms with Crippen LogP contribution >= 0.6 is 0 Å². The minimum absolute atomic E-state index is 0.106. The molecule has 4 rings (SSSR count). The first-order chi connectivity index (χ1) is 26.5. The fourth-order valence-electron chi connectivity index (χ4n) is 8.12. The molecule has 0 aromatic heterocycles. The molecule has 1 aliphatic heterocycles. The monoisotopic (exact) mass is 806 g/mol. The molecule has 2 aliphatic carbocycles. The van der Waals surface area contributed by atoms with E-state index in [1.807, 2.05) is 13.8 Å². The molecule has 2 saturated carbocycles. The van der Waals surface area contributed by atoms with Gasteiger partial charge in [-0.2, -0.15) is 13.2 Å². The van der Waals surface area contributed by atoms with Crippen LogP contribution in [0.4, 0.5) is 18.0 Å². The first kappa shape index (κ1) is 45.0. The minimum Gasteiger partial charge on any atom is -0.444 e. The molecule has 0 radical (unpaired) electrons. The predicted octanol–water partition coefficient (Wildman–Crippen LogP) is 3.79. The van der Waals surface area contributed by atoms with Crippen LogP contribution in [0, 0.1) is 23.2 Å². The number of carbonyl (C=O) groups is 7. The van der Waals surface area contributed by atoms with Gasteiger partial charge in [-0.3, -0.25) is 28.8 Å². The van der Waals surface area contributed by atoms with Gasteiger partial charge in [0, 0.05) is 27.1 Å². The third-order valence-corrected chi connectivity index (χ3v) is 11.2. The van der Waals surface area contributed by atoms with Crippen molar-refractivity contribution in [1.82, 2.24) is 31.1 Å². The van der Waals surface area contributed by atoms with E-state index < -0.39 is 103 Å². The molecular formula is C40H57F3N6O8. The first-order valence-corrected chi connectivity index (χ1v) is 19.6. The Hall–Kier alpha value is -4.70. The third kappa shape index (κ3) is 11.9. The van der Waals surface area contributed by atoms with Gasteiger partial charge in [-0.25, -0.2) is 4.79 Å². The number of hydrogen-bond donors (Lipinski definition) is 4. The van der Waals surface area contributed by atoms with Crippen LogP contribution in [-0.4, -0.2) is 108 Å². The lowest BCUT2D eigenvalue weighted by Crippen LogP contribution is -2.60. The number of alkyl halides is 3. The molecule has 14 nitrogen and oxygen atoms in total. The molecule has 17 heteroatoms. The zero-order chi connectivity index (χ0) is 42.5. The summed E-state index contributed by atoms with van der Waals surface area (Å²) in [5.41, 5.74) is -0.763. The predicted molar refractivity (Wildman–Crippen MR) is 202 cm³/mol. The Balaban J connectivity index is 1.52. The Kier molecular flexibility index (Phi) is 14.4. The summed E-state index contributed by atoms with van der Waals surface area (Å²) in [4.78, 5) is 96.7. The maximum Gasteiger partial charge on any atom is 0.408 e. The molecule has 1 heterocycles. The van der Waals surface area contributed by atoms with Gasteiger partial charge in [-0.05, 0) is 75.2 Å². The number of nitrogens with zero attached hydrogens (tertiary/aromatic N) is 2. The van der Waals surface area contributed by atoms with Crippen LogP contribution in [0.15, 0.2) is 30.3 Å². The number of halogens is 3. The molecule has 1 aromatic carbocycles. The topological polar surface area (TPSA) is 183 Å². The van der Waals surface area contributed by atoms with E-state index in [2.05, 4.69) is 21.3 Å². The average molecular weight is 807 g/mol. The van der Waals surface area contributed by atoms with Crippen LogP contribution in [0.2, 0.25) is 0 Å². The van der Waals surface area contributed by atoms with Crippen molar-refractivity contribution in [1.29, 1.82) is 0 Å². The van der Waals surface area contributed by atoms with E-state index >= 15 is 0 Å². The summed E-state index contributed by atoms with van der Waals surface area (Å²) in [6.45, 7) is 8.36. The lowest BCUT2D eigenvalue weighted by Gasteiger charge is -2.37. The van der Waals surface area contributed by atoms with Crippen molar-refractivity contribution in [3.63, 3.8) is 0 Å². The van der Waals surface area contributed by atoms with E-state index in [1.54, 1.807) is 51.1 Å². The van der Waals surface area contributed by atoms with Crippen molar-refractivity contribution >= 4 is 41.4 Å². The fraction of sp³-hybridized carbons (Fsp3) is 0.675. The highest BCUT2D eigenvalue weighted by Gasteiger charge is 2.69. The highest BCUT2D eigenvalue weighted by molar-refractivity contribution is 6.38. The van der Waals surface area contributed by atoms with Gasteiger partial charge in [-0.1, -0.05) is 63.4 Å². The molecular weight excluding hydrogens is 749 g/mol. The van der Waals surface area contributed by atoms with Crippen LogP contribution in [0.1, 0.15) is 97.6 Å². The Morgan fingerprint density at radius 2 is 1.56 bits per heavy atom. The lowest BCUT2D eigenvalue weighted by atomic mass is 9.83. The van der Waals surface area contributed by atoms with Gasteiger partial charge in [0.15, 0.2) is 0 Å². The molecule has 4 N–H and O–H groups in total. The number of likely N-dealkylation sites (N-methyl/N-ethyl adjacent to an activating group) is 1. The number of alkyl carbamates (subject to hydrolysis) is 1. The fourth-order valence-corrected chi connectivity index (χ4v) is 8.12. The molecule has 1 saturated heterocycles. The minimum atomic E-state index is -4.58. The van der Waals surface area contributed by atoms with Crippen LogP contribution in [-0.2, 0) is 33.5 Å². The van der Waals surface area contributed by atoms with Gasteiger partial charge < -0.3 is 35.8 Å². The summed E-state index contributed by atoms with van der Waals surface area (Å²) >= 11 is 0. The summed E-state index contributed by atoms with van der Waals surface area (Å²) in [6, 6.07) is 3.34. The third-order valence-electron chi connectivity index (χ3n) is 11.2. The van der Waals surface area contributed by atoms with Crippen molar-refractivity contribution in [2.24, 2.45) is 23.2 Å². The zero-order valence-corrected chi connectivity index (χ0v) is 33.8. The number of fused-ring (bicyclic) bond motifs is 1. The lowest BCUT2D eigenvalue weighted by molar-refractivity contribution is -0.145. The second-order valence-electron chi connectivity index (χ2n) is 17.2. The average Bonchev–Trinajstić information content (AvgIpc) is 3.43. The molecule has 1 aromatic rings. The summed E-state index contributed by atoms with van der Waals surface area (Å²) in [6.07, 6.45) is -3.81. The number of hydrogen-bond acceptors (Lipinski definition) is 8. The van der Waals surface area contributed by atoms with Crippen molar-refractivity contribution in [3.8, 4) is 0 Å². The Bertz CT molecular complexity index is 1660. The summed E-state index contributed by atoms with van der Waals surface area (Å²) in [5, 5.41) is 9.93. The Labute approximate surface area is 331 Å². The zero-order valence-electron chi connectivity index (χ0n) is 33.8. The molecule has 3 aliphatic rings. The molecule has 6 atom stereocenters. The maximum atomic E-state index is 14.4. The normalized spacial score (nSPS) is 21.9. The number of carbonyl (C=O) groups excluding carboxylic acids is 7. The highest BCUT2D eigenvalue weighted by atomic mass is 19.4. The highest BCUT2D eigenvalue weighted by Crippen LogP contribution is 2.65. The molecule has 0 bridgehead atoms. The Morgan fingerprint density at radius 3 is 2.14 bits per heavy atom. The number of Topliss-reactive ketones (excluding diaryl/α,β-unsaturated/α-hetero) is 1. The molecule has 6 amide bonds. The van der Waals surface area contributed by atoms with Crippen molar-refractivity contribution in [3.05, 3.63) is 35.9 Å². The number of benzene rings is 1. The van der Waals surface area contributed by atoms with Gasteiger partial charge in [0.25, 0.3) is 5.91 Å². The van der Waals surface area contributed by atoms with E-state index in [9.17, 15) is 46.7 Å². The number of rotatable bonds is 15. The van der Waals surface area contributed by atoms with Gasteiger partial charge in [0.2, 0.25) is 29.4 Å². The van der Waals surface area contributed by atoms with E-state index in [1.165, 1.54) is 23.9 Å². The van der Waals surface area contributed by atoms with Crippen molar-refractivity contribution < 1.29 is 51.5 Å². The second kappa shape index (κ2) is 18.3. The first-order valence-electron chi connectivity index (χ1n) is 19.6. The van der Waals surface area contributed by atoms with Gasteiger partial charge in [0.05, 0.1) is 12.6 Å². The van der Waals surface area contributed by atoms with E-state index in [4.69, 9.17) is 4.74 Å². The molecule has 1 unspecified atom stereocenters. The number of ether oxygens (including phenoxy) is 1. The number of amides is 6. The summed E-state index contributed by atoms with van der Waals surface area (Å²) in [7, 11) is 3.00. The molecule has 3 fully saturated rings. The number of likely N-dealkylation sites (tertiary alicyclic amines) is 1. The molecule has 0 spiro atoms. The molecule has 316 valence electrons. The quantitative estimate of drug-likeness (QED) is 0.193. The molecule has 57 heavy (non-hydrogen) atoms. The standard InChI is InChI=1S/C40H57F3N6O8/c1-38(2,3)57-37(56)47-30(24-17-12-9-13-18-24)36(55)49-22-25-28(39(25,4)5)31(49)33(52)45-26(19-14-20-40(41,42)43)32(51)34(53)44-21-27(50)46-29(35(54)48(6)7)23-15-10-8-11-16-23/h8,10-11,15-16,24-26,28-31H,9,12-14,17-22H2,1-7H3,(H,44,53)(H,45,52)(H,46,50)(H,47,56)/t25-,26?,28-,29-,30-,31-/m0/s1. The van der Waals surface area contributed by atoms with E-state index in [0.29, 0.717) is 18.4 Å². The van der Waals surface area contributed by atoms with Crippen LogP contribution in [0.5, 0.6) is 0 Å².